The monoisotopic (exact) mass is 272 g/mol. The molecule has 0 aliphatic carbocycles. The maximum Gasteiger partial charge on any atom is 0.165 e. The van der Waals surface area contributed by atoms with Crippen LogP contribution in [0.1, 0.15) is 0 Å². The van der Waals surface area contributed by atoms with Crippen molar-refractivity contribution >= 4 is 11.8 Å². The summed E-state index contributed by atoms with van der Waals surface area (Å²) in [7, 11) is 0. The van der Waals surface area contributed by atoms with Crippen LogP contribution < -0.4 is 4.74 Å². The highest BCUT2D eigenvalue weighted by molar-refractivity contribution is 7.99. The van der Waals surface area contributed by atoms with E-state index in [1.54, 1.807) is 30.0 Å². The van der Waals surface area contributed by atoms with E-state index in [2.05, 4.69) is 0 Å². The summed E-state index contributed by atoms with van der Waals surface area (Å²) >= 11 is 1.70. The van der Waals surface area contributed by atoms with E-state index in [9.17, 15) is 9.50 Å². The van der Waals surface area contributed by atoms with Crippen molar-refractivity contribution in [1.82, 2.24) is 0 Å². The fourth-order valence-electron chi connectivity index (χ4n) is 1.67. The van der Waals surface area contributed by atoms with Crippen LogP contribution in [0.2, 0.25) is 0 Å². The molecule has 0 saturated carbocycles. The Morgan fingerprint density at radius 1 is 1.39 bits per heavy atom. The maximum atomic E-state index is 13.2. The number of thioether (sulfide) groups is 1. The van der Waals surface area contributed by atoms with Crippen LogP contribution in [-0.2, 0) is 4.74 Å². The van der Waals surface area contributed by atoms with Gasteiger partial charge in [0.25, 0.3) is 0 Å². The lowest BCUT2D eigenvalue weighted by Crippen LogP contribution is -2.47. The molecule has 5 heteroatoms. The molecule has 1 aromatic rings. The van der Waals surface area contributed by atoms with Crippen molar-refractivity contribution in [3.63, 3.8) is 0 Å². The van der Waals surface area contributed by atoms with Gasteiger partial charge in [0.05, 0.1) is 26.4 Å². The van der Waals surface area contributed by atoms with Gasteiger partial charge in [-0.3, -0.25) is 0 Å². The van der Waals surface area contributed by atoms with Crippen molar-refractivity contribution in [1.29, 1.82) is 0 Å². The minimum atomic E-state index is -0.332. The standard InChI is InChI=1S/C13H17FO3S/c14-11-3-1-2-4-12(11)17-5-6-18-10-13(7-15)8-16-9-13/h1-4,15H,5-10H2. The maximum absolute atomic E-state index is 13.2. The second kappa shape index (κ2) is 6.41. The molecule has 0 atom stereocenters. The van der Waals surface area contributed by atoms with E-state index in [-0.39, 0.29) is 17.8 Å². The smallest absolute Gasteiger partial charge is 0.165 e. The molecule has 1 aromatic carbocycles. The Labute approximate surface area is 110 Å². The number of hydrogen-bond acceptors (Lipinski definition) is 4. The first-order valence-corrected chi connectivity index (χ1v) is 7.05. The first-order chi connectivity index (χ1) is 8.76. The van der Waals surface area contributed by atoms with Crippen LogP contribution in [0.3, 0.4) is 0 Å². The summed E-state index contributed by atoms with van der Waals surface area (Å²) in [4.78, 5) is 0. The molecule has 0 amide bonds. The van der Waals surface area contributed by atoms with Crippen molar-refractivity contribution in [2.24, 2.45) is 5.41 Å². The Balaban J connectivity index is 1.63. The lowest BCUT2D eigenvalue weighted by molar-refractivity contribution is -0.121. The molecule has 2 rings (SSSR count). The van der Waals surface area contributed by atoms with Crippen LogP contribution in [-0.4, -0.2) is 43.0 Å². The Hall–Kier alpha value is -0.780. The third kappa shape index (κ3) is 3.37. The van der Waals surface area contributed by atoms with Crippen LogP contribution in [0.25, 0.3) is 0 Å². The molecule has 3 nitrogen and oxygen atoms in total. The van der Waals surface area contributed by atoms with Crippen LogP contribution in [0.4, 0.5) is 4.39 Å². The lowest BCUT2D eigenvalue weighted by Gasteiger charge is -2.39. The minimum Gasteiger partial charge on any atom is -0.490 e. The van der Waals surface area contributed by atoms with Crippen molar-refractivity contribution < 1.29 is 19.0 Å². The van der Waals surface area contributed by atoms with E-state index in [4.69, 9.17) is 9.47 Å². The molecule has 18 heavy (non-hydrogen) atoms. The zero-order valence-corrected chi connectivity index (χ0v) is 10.9. The molecule has 1 N–H and O–H groups in total. The van der Waals surface area contributed by atoms with E-state index in [1.165, 1.54) is 6.07 Å². The van der Waals surface area contributed by atoms with Gasteiger partial charge in [-0.1, -0.05) is 12.1 Å². The quantitative estimate of drug-likeness (QED) is 0.770. The van der Waals surface area contributed by atoms with Crippen LogP contribution >= 0.6 is 11.8 Å². The number of aliphatic hydroxyl groups excluding tert-OH is 1. The number of aliphatic hydroxyl groups is 1. The van der Waals surface area contributed by atoms with Gasteiger partial charge in [0.1, 0.15) is 0 Å². The first-order valence-electron chi connectivity index (χ1n) is 5.89. The normalized spacial score (nSPS) is 17.2. The second-order valence-corrected chi connectivity index (χ2v) is 5.59. The molecule has 0 spiro atoms. The van der Waals surface area contributed by atoms with Crippen LogP contribution in [0, 0.1) is 11.2 Å². The van der Waals surface area contributed by atoms with Gasteiger partial charge >= 0.3 is 0 Å². The molecular weight excluding hydrogens is 255 g/mol. The summed E-state index contributed by atoms with van der Waals surface area (Å²) in [5, 5.41) is 9.23. The fourth-order valence-corrected chi connectivity index (χ4v) is 2.71. The number of ether oxygens (including phenoxy) is 2. The van der Waals surface area contributed by atoms with Gasteiger partial charge in [0, 0.05) is 16.9 Å². The van der Waals surface area contributed by atoms with Gasteiger partial charge in [-0.25, -0.2) is 4.39 Å². The average Bonchev–Trinajstić information content (AvgIpc) is 2.34. The van der Waals surface area contributed by atoms with Crippen molar-refractivity contribution in [3.8, 4) is 5.75 Å². The van der Waals surface area contributed by atoms with Crippen molar-refractivity contribution in [2.75, 3.05) is 37.9 Å². The van der Waals surface area contributed by atoms with E-state index in [0.717, 1.165) is 11.5 Å². The number of para-hydroxylation sites is 1. The van der Waals surface area contributed by atoms with Gasteiger partial charge in [0.2, 0.25) is 0 Å². The summed E-state index contributed by atoms with van der Waals surface area (Å²) in [5.74, 6) is 1.59. The van der Waals surface area contributed by atoms with E-state index in [1.807, 2.05) is 0 Å². The number of halogens is 1. The first kappa shape index (κ1) is 13.6. The molecule has 1 aliphatic heterocycles. The largest absolute Gasteiger partial charge is 0.490 e. The molecular formula is C13H17FO3S. The molecule has 0 radical (unpaired) electrons. The minimum absolute atomic E-state index is 0.0668. The average molecular weight is 272 g/mol. The molecule has 0 unspecified atom stereocenters. The predicted molar refractivity (Wildman–Crippen MR) is 69.6 cm³/mol. The Morgan fingerprint density at radius 3 is 2.78 bits per heavy atom. The summed E-state index contributed by atoms with van der Waals surface area (Å²) in [5.41, 5.74) is -0.0668. The molecule has 1 aliphatic rings. The predicted octanol–water partition coefficient (Wildman–Crippen LogP) is 1.95. The highest BCUT2D eigenvalue weighted by atomic mass is 32.2. The Morgan fingerprint density at radius 2 is 2.17 bits per heavy atom. The van der Waals surface area contributed by atoms with Gasteiger partial charge in [-0.05, 0) is 12.1 Å². The SMILES string of the molecule is OCC1(CSCCOc2ccccc2F)COC1. The van der Waals surface area contributed by atoms with Gasteiger partial charge in [-0.15, -0.1) is 0 Å². The van der Waals surface area contributed by atoms with Gasteiger partial charge in [-0.2, -0.15) is 11.8 Å². The van der Waals surface area contributed by atoms with Crippen molar-refractivity contribution in [3.05, 3.63) is 30.1 Å². The summed E-state index contributed by atoms with van der Waals surface area (Å²) in [6.45, 7) is 1.89. The van der Waals surface area contributed by atoms with Gasteiger partial charge < -0.3 is 14.6 Å². The molecule has 0 bridgehead atoms. The number of rotatable bonds is 7. The fraction of sp³-hybridized carbons (Fsp3) is 0.538. The van der Waals surface area contributed by atoms with E-state index in [0.29, 0.717) is 25.6 Å². The highest BCUT2D eigenvalue weighted by Gasteiger charge is 2.37. The Kier molecular flexibility index (Phi) is 4.86. The summed E-state index contributed by atoms with van der Waals surface area (Å²) in [6, 6.07) is 6.39. The molecule has 1 fully saturated rings. The third-order valence-corrected chi connectivity index (χ3v) is 4.15. The summed E-state index contributed by atoms with van der Waals surface area (Å²) < 4.78 is 23.7. The number of benzene rings is 1. The van der Waals surface area contributed by atoms with Crippen LogP contribution in [0.5, 0.6) is 5.75 Å². The third-order valence-electron chi connectivity index (χ3n) is 2.88. The molecule has 1 heterocycles. The van der Waals surface area contributed by atoms with E-state index >= 15 is 0 Å². The molecule has 0 aromatic heterocycles. The Bertz CT molecular complexity index is 377. The molecule has 1 saturated heterocycles. The summed E-state index contributed by atoms with van der Waals surface area (Å²) in [6.07, 6.45) is 0. The molecule has 100 valence electrons. The van der Waals surface area contributed by atoms with Gasteiger partial charge in [0.15, 0.2) is 11.6 Å². The second-order valence-electron chi connectivity index (χ2n) is 4.48. The topological polar surface area (TPSA) is 38.7 Å². The van der Waals surface area contributed by atoms with E-state index < -0.39 is 0 Å². The lowest BCUT2D eigenvalue weighted by atomic mass is 9.90. The highest BCUT2D eigenvalue weighted by Crippen LogP contribution is 2.30. The number of hydrogen-bond donors (Lipinski definition) is 1. The van der Waals surface area contributed by atoms with Crippen LogP contribution in [0.15, 0.2) is 24.3 Å². The zero-order chi connectivity index (χ0) is 12.8. The zero-order valence-electron chi connectivity index (χ0n) is 10.1. The van der Waals surface area contributed by atoms with Crippen molar-refractivity contribution in [2.45, 2.75) is 0 Å².